The lowest BCUT2D eigenvalue weighted by atomic mass is 10.0. The molecule has 2 rings (SSSR count). The van der Waals surface area contributed by atoms with Crippen molar-refractivity contribution < 1.29 is 8.42 Å². The molecule has 106 valence electrons. The molecule has 0 saturated carbocycles. The molecular formula is C17H20O2S. The second kappa shape index (κ2) is 5.80. The Morgan fingerprint density at radius 3 is 2.30 bits per heavy atom. The number of sulfone groups is 1. The van der Waals surface area contributed by atoms with Crippen molar-refractivity contribution in [3.05, 3.63) is 59.2 Å². The van der Waals surface area contributed by atoms with Gasteiger partial charge in [0.05, 0.1) is 9.79 Å². The van der Waals surface area contributed by atoms with Crippen molar-refractivity contribution >= 4 is 9.84 Å². The summed E-state index contributed by atoms with van der Waals surface area (Å²) in [6.07, 6.45) is 1.91. The predicted octanol–water partition coefficient (Wildman–Crippen LogP) is 4.09. The fourth-order valence-corrected chi connectivity index (χ4v) is 3.69. The summed E-state index contributed by atoms with van der Waals surface area (Å²) in [4.78, 5) is 0.751. The van der Waals surface area contributed by atoms with Crippen molar-refractivity contribution in [3.8, 4) is 0 Å². The Balaban J connectivity index is 2.52. The van der Waals surface area contributed by atoms with E-state index in [0.717, 1.165) is 29.5 Å². The first-order chi connectivity index (χ1) is 9.45. The van der Waals surface area contributed by atoms with Gasteiger partial charge in [0.25, 0.3) is 0 Å². The number of hydrogen-bond acceptors (Lipinski definition) is 2. The third kappa shape index (κ3) is 2.93. The molecule has 0 saturated heterocycles. The predicted molar refractivity (Wildman–Crippen MR) is 81.8 cm³/mol. The summed E-state index contributed by atoms with van der Waals surface area (Å²) < 4.78 is 25.3. The first-order valence-electron chi connectivity index (χ1n) is 6.86. The fraction of sp³-hybridized carbons (Fsp3) is 0.294. The van der Waals surface area contributed by atoms with Crippen LogP contribution in [-0.2, 0) is 16.3 Å². The van der Waals surface area contributed by atoms with Crippen LogP contribution in [0.25, 0.3) is 0 Å². The molecule has 20 heavy (non-hydrogen) atoms. The van der Waals surface area contributed by atoms with Crippen molar-refractivity contribution in [1.29, 1.82) is 0 Å². The van der Waals surface area contributed by atoms with Gasteiger partial charge in [-0.05, 0) is 61.2 Å². The van der Waals surface area contributed by atoms with E-state index < -0.39 is 9.84 Å². The summed E-state index contributed by atoms with van der Waals surface area (Å²) >= 11 is 0. The van der Waals surface area contributed by atoms with Gasteiger partial charge in [-0.3, -0.25) is 0 Å². The van der Waals surface area contributed by atoms with Crippen LogP contribution in [0.2, 0.25) is 0 Å². The molecule has 2 aromatic carbocycles. The molecule has 3 heteroatoms. The molecule has 0 unspecified atom stereocenters. The standard InChI is InChI=1S/C17H20O2S/c1-4-6-15-12-17(10-9-14(15)3)20(18,19)16-8-5-7-13(2)11-16/h5,7-12H,4,6H2,1-3H3. The van der Waals surface area contributed by atoms with E-state index in [9.17, 15) is 8.42 Å². The van der Waals surface area contributed by atoms with Gasteiger partial charge in [0.2, 0.25) is 9.84 Å². The van der Waals surface area contributed by atoms with Gasteiger partial charge in [-0.2, -0.15) is 0 Å². The van der Waals surface area contributed by atoms with E-state index in [2.05, 4.69) is 6.92 Å². The van der Waals surface area contributed by atoms with Gasteiger partial charge in [-0.1, -0.05) is 31.5 Å². The van der Waals surface area contributed by atoms with Crippen LogP contribution >= 0.6 is 0 Å². The van der Waals surface area contributed by atoms with Crippen LogP contribution < -0.4 is 0 Å². The van der Waals surface area contributed by atoms with Gasteiger partial charge in [-0.25, -0.2) is 8.42 Å². The van der Waals surface area contributed by atoms with E-state index in [-0.39, 0.29) is 0 Å². The second-order valence-corrected chi connectivity index (χ2v) is 7.11. The summed E-state index contributed by atoms with van der Waals surface area (Å²) in [5, 5.41) is 0. The largest absolute Gasteiger partial charge is 0.219 e. The average molecular weight is 288 g/mol. The van der Waals surface area contributed by atoms with Gasteiger partial charge < -0.3 is 0 Å². The molecule has 0 radical (unpaired) electrons. The van der Waals surface area contributed by atoms with E-state index in [4.69, 9.17) is 0 Å². The Kier molecular flexibility index (Phi) is 4.29. The zero-order chi connectivity index (χ0) is 14.8. The Hall–Kier alpha value is -1.61. The Labute approximate surface area is 121 Å². The molecule has 0 heterocycles. The smallest absolute Gasteiger partial charge is 0.206 e. The highest BCUT2D eigenvalue weighted by molar-refractivity contribution is 7.91. The zero-order valence-electron chi connectivity index (χ0n) is 12.2. The Morgan fingerprint density at radius 2 is 1.65 bits per heavy atom. The van der Waals surface area contributed by atoms with Crippen LogP contribution in [0.1, 0.15) is 30.0 Å². The van der Waals surface area contributed by atoms with Crippen molar-refractivity contribution in [2.24, 2.45) is 0 Å². The molecule has 0 aliphatic heterocycles. The van der Waals surface area contributed by atoms with Crippen molar-refractivity contribution in [2.75, 3.05) is 0 Å². The molecule has 0 spiro atoms. The number of hydrogen-bond donors (Lipinski definition) is 0. The maximum atomic E-state index is 12.7. The summed E-state index contributed by atoms with van der Waals surface area (Å²) in [5.74, 6) is 0. The summed E-state index contributed by atoms with van der Waals surface area (Å²) in [5.41, 5.74) is 3.21. The molecule has 0 bridgehead atoms. The molecule has 2 nitrogen and oxygen atoms in total. The molecule has 0 N–H and O–H groups in total. The molecule has 2 aromatic rings. The zero-order valence-corrected chi connectivity index (χ0v) is 13.0. The maximum Gasteiger partial charge on any atom is 0.206 e. The molecule has 0 aliphatic carbocycles. The van der Waals surface area contributed by atoms with E-state index in [1.165, 1.54) is 0 Å². The highest BCUT2D eigenvalue weighted by atomic mass is 32.2. The highest BCUT2D eigenvalue weighted by Gasteiger charge is 2.18. The summed E-state index contributed by atoms with van der Waals surface area (Å²) in [6, 6.07) is 12.5. The highest BCUT2D eigenvalue weighted by Crippen LogP contribution is 2.24. The van der Waals surface area contributed by atoms with Crippen LogP contribution in [0, 0.1) is 13.8 Å². The van der Waals surface area contributed by atoms with Gasteiger partial charge in [-0.15, -0.1) is 0 Å². The first kappa shape index (κ1) is 14.8. The third-order valence-electron chi connectivity index (χ3n) is 3.45. The van der Waals surface area contributed by atoms with Gasteiger partial charge in [0, 0.05) is 0 Å². The lowest BCUT2D eigenvalue weighted by Gasteiger charge is -2.10. The van der Waals surface area contributed by atoms with Crippen LogP contribution in [-0.4, -0.2) is 8.42 Å². The van der Waals surface area contributed by atoms with E-state index in [1.807, 2.05) is 32.0 Å². The Bertz CT molecular complexity index is 716. The van der Waals surface area contributed by atoms with Gasteiger partial charge >= 0.3 is 0 Å². The van der Waals surface area contributed by atoms with E-state index in [1.54, 1.807) is 24.3 Å². The van der Waals surface area contributed by atoms with Crippen molar-refractivity contribution in [2.45, 2.75) is 43.4 Å². The van der Waals surface area contributed by atoms with E-state index in [0.29, 0.717) is 9.79 Å². The molecule has 0 fully saturated rings. The van der Waals surface area contributed by atoms with Crippen molar-refractivity contribution in [3.63, 3.8) is 0 Å². The topological polar surface area (TPSA) is 34.1 Å². The van der Waals surface area contributed by atoms with Crippen LogP contribution in [0.3, 0.4) is 0 Å². The van der Waals surface area contributed by atoms with Crippen LogP contribution in [0.15, 0.2) is 52.3 Å². The third-order valence-corrected chi connectivity index (χ3v) is 5.20. The molecule has 0 amide bonds. The summed E-state index contributed by atoms with van der Waals surface area (Å²) in [6.45, 7) is 6.02. The minimum atomic E-state index is -3.42. The normalized spacial score (nSPS) is 11.6. The number of rotatable bonds is 4. The minimum absolute atomic E-state index is 0.365. The second-order valence-electron chi connectivity index (χ2n) is 5.16. The van der Waals surface area contributed by atoms with Gasteiger partial charge in [0.15, 0.2) is 0 Å². The molecular weight excluding hydrogens is 268 g/mol. The van der Waals surface area contributed by atoms with Crippen LogP contribution in [0.5, 0.6) is 0 Å². The molecule has 0 aliphatic rings. The molecule has 0 aromatic heterocycles. The Morgan fingerprint density at radius 1 is 0.950 bits per heavy atom. The van der Waals surface area contributed by atoms with E-state index >= 15 is 0 Å². The monoisotopic (exact) mass is 288 g/mol. The quantitative estimate of drug-likeness (QED) is 0.849. The van der Waals surface area contributed by atoms with Gasteiger partial charge in [0.1, 0.15) is 0 Å². The fourth-order valence-electron chi connectivity index (χ4n) is 2.27. The van der Waals surface area contributed by atoms with Crippen LogP contribution in [0.4, 0.5) is 0 Å². The lowest BCUT2D eigenvalue weighted by molar-refractivity contribution is 0.596. The average Bonchev–Trinajstić information content (AvgIpc) is 2.41. The minimum Gasteiger partial charge on any atom is -0.219 e. The lowest BCUT2D eigenvalue weighted by Crippen LogP contribution is -2.04. The van der Waals surface area contributed by atoms with Crippen molar-refractivity contribution in [1.82, 2.24) is 0 Å². The summed E-state index contributed by atoms with van der Waals surface area (Å²) in [7, 11) is -3.42. The number of benzene rings is 2. The first-order valence-corrected chi connectivity index (χ1v) is 8.34. The maximum absolute atomic E-state index is 12.7. The molecule has 0 atom stereocenters. The number of aryl methyl sites for hydroxylation is 3. The SMILES string of the molecule is CCCc1cc(S(=O)(=O)c2cccc(C)c2)ccc1C.